The van der Waals surface area contributed by atoms with Crippen LogP contribution in [0.1, 0.15) is 32.3 Å². The summed E-state index contributed by atoms with van der Waals surface area (Å²) >= 11 is 11.6. The second-order valence-electron chi connectivity index (χ2n) is 9.54. The van der Waals surface area contributed by atoms with Crippen LogP contribution in [0.3, 0.4) is 0 Å². The van der Waals surface area contributed by atoms with Gasteiger partial charge in [-0.1, -0.05) is 37.6 Å². The topological polar surface area (TPSA) is 78.0 Å². The highest BCUT2D eigenvalue weighted by Gasteiger charge is 2.33. The molecule has 1 fully saturated rings. The molecule has 1 aliphatic rings. The van der Waals surface area contributed by atoms with Crippen LogP contribution in [0.15, 0.2) is 53.4 Å². The van der Waals surface area contributed by atoms with Gasteiger partial charge in [-0.25, -0.2) is 12.8 Å². The van der Waals surface area contributed by atoms with Gasteiger partial charge in [-0.3, -0.25) is 9.59 Å². The highest BCUT2D eigenvalue weighted by Crippen LogP contribution is 2.23. The Labute approximate surface area is 228 Å². The SMILES string of the molecule is CC(C)CN(CC(=O)N(Cc1ccc(F)cc1)C1CCN(C(=O)CCl)CC1)S(=O)(=O)c1ccc(Cl)cc1. The summed E-state index contributed by atoms with van der Waals surface area (Å²) < 4.78 is 41.6. The van der Waals surface area contributed by atoms with Crippen LogP contribution >= 0.6 is 23.2 Å². The maximum Gasteiger partial charge on any atom is 0.243 e. The molecule has 0 atom stereocenters. The van der Waals surface area contributed by atoms with Crippen molar-refractivity contribution in [2.24, 2.45) is 5.92 Å². The molecule has 0 aliphatic carbocycles. The van der Waals surface area contributed by atoms with Crippen LogP contribution in [0.2, 0.25) is 5.02 Å². The normalized spacial score (nSPS) is 14.8. The van der Waals surface area contributed by atoms with Crippen molar-refractivity contribution in [3.8, 4) is 0 Å². The summed E-state index contributed by atoms with van der Waals surface area (Å²) in [4.78, 5) is 29.1. The average molecular weight is 573 g/mol. The Kier molecular flexibility index (Phi) is 10.3. The summed E-state index contributed by atoms with van der Waals surface area (Å²) in [5, 5.41) is 0.412. The number of hydrogen-bond donors (Lipinski definition) is 0. The van der Waals surface area contributed by atoms with Gasteiger partial charge in [-0.05, 0) is 60.7 Å². The Balaban J connectivity index is 1.86. The number of halogens is 3. The Morgan fingerprint density at radius 2 is 1.65 bits per heavy atom. The van der Waals surface area contributed by atoms with Crippen molar-refractivity contribution in [3.63, 3.8) is 0 Å². The first kappa shape index (κ1) is 29.4. The molecule has 0 unspecified atom stereocenters. The van der Waals surface area contributed by atoms with Crippen LogP contribution < -0.4 is 0 Å². The number of carbonyl (C=O) groups excluding carboxylic acids is 2. The lowest BCUT2D eigenvalue weighted by atomic mass is 10.0. The van der Waals surface area contributed by atoms with E-state index in [1.54, 1.807) is 21.9 Å². The summed E-state index contributed by atoms with van der Waals surface area (Å²) in [6.07, 6.45) is 1.06. The molecule has 0 bridgehead atoms. The van der Waals surface area contributed by atoms with E-state index in [1.807, 2.05) is 13.8 Å². The lowest BCUT2D eigenvalue weighted by Crippen LogP contribution is -2.51. The summed E-state index contributed by atoms with van der Waals surface area (Å²) in [6.45, 7) is 4.67. The Hall–Kier alpha value is -2.20. The van der Waals surface area contributed by atoms with E-state index in [-0.39, 0.29) is 60.0 Å². The van der Waals surface area contributed by atoms with Gasteiger partial charge in [0, 0.05) is 37.2 Å². The minimum absolute atomic E-state index is 0.0229. The van der Waals surface area contributed by atoms with Crippen molar-refractivity contribution >= 4 is 45.0 Å². The molecule has 1 saturated heterocycles. The number of rotatable bonds is 10. The zero-order chi connectivity index (χ0) is 27.2. The van der Waals surface area contributed by atoms with Crippen molar-refractivity contribution in [3.05, 3.63) is 64.9 Å². The second-order valence-corrected chi connectivity index (χ2v) is 12.2. The number of alkyl halides is 1. The Bertz CT molecular complexity index is 1170. The first-order chi connectivity index (χ1) is 17.5. The van der Waals surface area contributed by atoms with E-state index in [0.29, 0.717) is 31.0 Å². The van der Waals surface area contributed by atoms with Crippen molar-refractivity contribution < 1.29 is 22.4 Å². The van der Waals surface area contributed by atoms with Gasteiger partial charge in [-0.15, -0.1) is 11.6 Å². The van der Waals surface area contributed by atoms with Gasteiger partial charge in [0.15, 0.2) is 0 Å². The third-order valence-electron chi connectivity index (χ3n) is 6.29. The molecule has 0 N–H and O–H groups in total. The number of hydrogen-bond acceptors (Lipinski definition) is 4. The molecule has 1 aliphatic heterocycles. The highest BCUT2D eigenvalue weighted by molar-refractivity contribution is 7.89. The van der Waals surface area contributed by atoms with Crippen LogP contribution in [0, 0.1) is 11.7 Å². The number of piperidine rings is 1. The molecule has 1 heterocycles. The largest absolute Gasteiger partial charge is 0.342 e. The van der Waals surface area contributed by atoms with E-state index in [0.717, 1.165) is 5.56 Å². The minimum atomic E-state index is -3.96. The summed E-state index contributed by atoms with van der Waals surface area (Å²) in [7, 11) is -3.96. The van der Waals surface area contributed by atoms with Crippen LogP contribution in [0.25, 0.3) is 0 Å². The first-order valence-electron chi connectivity index (χ1n) is 12.1. The molecule has 2 amide bonds. The molecule has 202 valence electrons. The third-order valence-corrected chi connectivity index (χ3v) is 8.60. The molecule has 0 spiro atoms. The average Bonchev–Trinajstić information content (AvgIpc) is 2.87. The molecule has 3 rings (SSSR count). The maximum absolute atomic E-state index is 13.7. The predicted molar refractivity (Wildman–Crippen MR) is 142 cm³/mol. The number of amides is 2. The van der Waals surface area contributed by atoms with Gasteiger partial charge in [0.1, 0.15) is 11.7 Å². The van der Waals surface area contributed by atoms with Gasteiger partial charge in [0.2, 0.25) is 21.8 Å². The smallest absolute Gasteiger partial charge is 0.243 e. The highest BCUT2D eigenvalue weighted by atomic mass is 35.5. The summed E-state index contributed by atoms with van der Waals surface area (Å²) in [5.74, 6) is -1.02. The van der Waals surface area contributed by atoms with E-state index < -0.39 is 10.0 Å². The quantitative estimate of drug-likeness (QED) is 0.396. The van der Waals surface area contributed by atoms with Crippen molar-refractivity contribution in [1.29, 1.82) is 0 Å². The predicted octanol–water partition coefficient (Wildman–Crippen LogP) is 4.38. The van der Waals surface area contributed by atoms with E-state index in [4.69, 9.17) is 23.2 Å². The van der Waals surface area contributed by atoms with Crippen LogP contribution in [-0.2, 0) is 26.2 Å². The molecule has 37 heavy (non-hydrogen) atoms. The first-order valence-corrected chi connectivity index (χ1v) is 14.5. The van der Waals surface area contributed by atoms with Crippen LogP contribution in [-0.4, -0.2) is 72.4 Å². The standard InChI is InChI=1S/C26H32Cl2FN3O4S/c1-19(2)16-31(37(35,36)24-9-5-21(28)6-10-24)18-26(34)32(17-20-3-7-22(29)8-4-20)23-11-13-30(14-12-23)25(33)15-27/h3-10,19,23H,11-18H2,1-2H3. The lowest BCUT2D eigenvalue weighted by Gasteiger charge is -2.39. The number of likely N-dealkylation sites (tertiary alicyclic amines) is 1. The molecular formula is C26H32Cl2FN3O4S. The fraction of sp³-hybridized carbons (Fsp3) is 0.462. The fourth-order valence-electron chi connectivity index (χ4n) is 4.37. The lowest BCUT2D eigenvalue weighted by molar-refractivity contribution is -0.136. The van der Waals surface area contributed by atoms with Gasteiger partial charge >= 0.3 is 0 Å². The monoisotopic (exact) mass is 571 g/mol. The number of nitrogens with zero attached hydrogens (tertiary/aromatic N) is 3. The number of carbonyl (C=O) groups is 2. The van der Waals surface area contributed by atoms with E-state index in [2.05, 4.69) is 0 Å². The molecular weight excluding hydrogens is 540 g/mol. The van der Waals surface area contributed by atoms with Crippen molar-refractivity contribution in [2.45, 2.75) is 44.2 Å². The second kappa shape index (κ2) is 13.0. The zero-order valence-electron chi connectivity index (χ0n) is 20.9. The van der Waals surface area contributed by atoms with Gasteiger partial charge in [0.25, 0.3) is 0 Å². The summed E-state index contributed by atoms with van der Waals surface area (Å²) in [6, 6.07) is 11.5. The van der Waals surface area contributed by atoms with Gasteiger partial charge in [0.05, 0.1) is 11.4 Å². The Morgan fingerprint density at radius 3 is 2.19 bits per heavy atom. The van der Waals surface area contributed by atoms with Crippen molar-refractivity contribution in [2.75, 3.05) is 32.1 Å². The van der Waals surface area contributed by atoms with Crippen molar-refractivity contribution in [1.82, 2.24) is 14.1 Å². The molecule has 0 radical (unpaired) electrons. The Morgan fingerprint density at radius 1 is 1.05 bits per heavy atom. The van der Waals surface area contributed by atoms with Gasteiger partial charge in [-0.2, -0.15) is 4.31 Å². The molecule has 7 nitrogen and oxygen atoms in total. The van der Waals surface area contributed by atoms with E-state index >= 15 is 0 Å². The number of benzene rings is 2. The van der Waals surface area contributed by atoms with Crippen LogP contribution in [0.4, 0.5) is 4.39 Å². The molecule has 11 heteroatoms. The maximum atomic E-state index is 13.7. The zero-order valence-corrected chi connectivity index (χ0v) is 23.3. The molecule has 2 aromatic rings. The molecule has 0 saturated carbocycles. The van der Waals surface area contributed by atoms with Crippen LogP contribution in [0.5, 0.6) is 0 Å². The molecule has 2 aromatic carbocycles. The number of sulfonamides is 1. The minimum Gasteiger partial charge on any atom is -0.342 e. The third kappa shape index (κ3) is 7.89. The molecule has 0 aromatic heterocycles. The fourth-order valence-corrected chi connectivity index (χ4v) is 6.22. The van der Waals surface area contributed by atoms with Gasteiger partial charge < -0.3 is 9.80 Å². The summed E-state index contributed by atoms with van der Waals surface area (Å²) in [5.41, 5.74) is 0.727. The van der Waals surface area contributed by atoms with E-state index in [1.165, 1.54) is 40.7 Å². The van der Waals surface area contributed by atoms with E-state index in [9.17, 15) is 22.4 Å².